The second kappa shape index (κ2) is 12.0. The van der Waals surface area contributed by atoms with E-state index in [1.165, 1.54) is 12.1 Å². The van der Waals surface area contributed by atoms with Crippen LogP contribution in [0.2, 0.25) is 0 Å². The molecule has 2 aromatic carbocycles. The van der Waals surface area contributed by atoms with Gasteiger partial charge in [0.05, 0.1) is 11.4 Å². The molecule has 7 nitrogen and oxygen atoms in total. The third-order valence-corrected chi connectivity index (χ3v) is 6.33. The molecule has 0 fully saturated rings. The fourth-order valence-corrected chi connectivity index (χ4v) is 4.38. The molecule has 0 unspecified atom stereocenters. The molecule has 1 aliphatic rings. The number of nitrogens with one attached hydrogen (secondary N) is 2. The number of nitrogens with zero attached hydrogens (tertiary/aromatic N) is 1. The second-order valence-electron chi connectivity index (χ2n) is 9.31. The van der Waals surface area contributed by atoms with Crippen LogP contribution in [0.5, 0.6) is 0 Å². The van der Waals surface area contributed by atoms with Crippen LogP contribution in [-0.2, 0) is 14.4 Å². The molecule has 0 aliphatic carbocycles. The zero-order chi connectivity index (χ0) is 29.8. The number of benzodiazepines with no additional fused rings is 1. The molecular formula is C26H25F7N4O3. The molecule has 0 spiro atoms. The Kier molecular flexibility index (Phi) is 9.21. The van der Waals surface area contributed by atoms with E-state index in [4.69, 9.17) is 5.73 Å². The first kappa shape index (κ1) is 30.6. The van der Waals surface area contributed by atoms with Crippen molar-refractivity contribution in [3.05, 3.63) is 65.0 Å². The molecule has 216 valence electrons. The van der Waals surface area contributed by atoms with E-state index in [9.17, 15) is 45.1 Å². The number of carbonyl (C=O) groups excluding carboxylic acids is 3. The van der Waals surface area contributed by atoms with E-state index in [0.717, 1.165) is 12.1 Å². The summed E-state index contributed by atoms with van der Waals surface area (Å²) in [4.78, 5) is 42.6. The molecule has 40 heavy (non-hydrogen) atoms. The van der Waals surface area contributed by atoms with Gasteiger partial charge in [0.25, 0.3) is 5.91 Å². The normalized spacial score (nSPS) is 17.1. The van der Waals surface area contributed by atoms with Gasteiger partial charge in [-0.3, -0.25) is 14.4 Å². The highest BCUT2D eigenvalue weighted by Gasteiger charge is 2.40. The van der Waals surface area contributed by atoms with Crippen LogP contribution < -0.4 is 16.4 Å². The lowest BCUT2D eigenvalue weighted by molar-refractivity contribution is -0.152. The second-order valence-corrected chi connectivity index (χ2v) is 9.31. The van der Waals surface area contributed by atoms with Gasteiger partial charge in [-0.25, -0.2) is 9.38 Å². The van der Waals surface area contributed by atoms with E-state index in [1.807, 2.05) is 0 Å². The number of rotatable bonds is 9. The molecule has 2 aromatic rings. The van der Waals surface area contributed by atoms with Gasteiger partial charge in [-0.1, -0.05) is 30.3 Å². The highest BCUT2D eigenvalue weighted by molar-refractivity contribution is 6.20. The zero-order valence-electron chi connectivity index (χ0n) is 21.0. The number of para-hydroxylation sites is 1. The van der Waals surface area contributed by atoms with Crippen molar-refractivity contribution in [2.24, 2.45) is 22.6 Å². The fourth-order valence-electron chi connectivity index (χ4n) is 4.38. The number of fused-ring (bicyclic) bond motifs is 1. The minimum absolute atomic E-state index is 0.0530. The van der Waals surface area contributed by atoms with Crippen molar-refractivity contribution in [1.29, 1.82) is 0 Å². The van der Waals surface area contributed by atoms with Crippen molar-refractivity contribution in [3.8, 4) is 0 Å². The number of primary amides is 1. The molecular weight excluding hydrogens is 549 g/mol. The van der Waals surface area contributed by atoms with Crippen molar-refractivity contribution >= 4 is 29.1 Å². The van der Waals surface area contributed by atoms with Gasteiger partial charge < -0.3 is 16.4 Å². The van der Waals surface area contributed by atoms with E-state index in [2.05, 4.69) is 15.6 Å². The van der Waals surface area contributed by atoms with Gasteiger partial charge in [-0.2, -0.15) is 26.3 Å². The number of hydrogen-bond donors (Lipinski definition) is 3. The van der Waals surface area contributed by atoms with Gasteiger partial charge >= 0.3 is 12.4 Å². The van der Waals surface area contributed by atoms with Crippen molar-refractivity contribution in [2.75, 3.05) is 5.32 Å². The number of halogens is 7. The number of aliphatic imine (C=N–C) groups is 1. The zero-order valence-corrected chi connectivity index (χ0v) is 21.0. The van der Waals surface area contributed by atoms with Gasteiger partial charge in [0.1, 0.15) is 5.82 Å². The first-order valence-electron chi connectivity index (χ1n) is 12.0. The van der Waals surface area contributed by atoms with Crippen molar-refractivity contribution in [2.45, 2.75) is 51.1 Å². The number of benzene rings is 2. The van der Waals surface area contributed by atoms with E-state index < -0.39 is 79.6 Å². The summed E-state index contributed by atoms with van der Waals surface area (Å²) in [5.74, 6) is -8.14. The predicted molar refractivity (Wildman–Crippen MR) is 131 cm³/mol. The third kappa shape index (κ3) is 8.02. The Morgan fingerprint density at radius 2 is 1.60 bits per heavy atom. The summed E-state index contributed by atoms with van der Waals surface area (Å²) in [5, 5.41) is 4.73. The monoisotopic (exact) mass is 574 g/mol. The van der Waals surface area contributed by atoms with E-state index in [1.54, 1.807) is 25.1 Å². The highest BCUT2D eigenvalue weighted by atomic mass is 19.4. The maximum atomic E-state index is 14.0. The number of alkyl halides is 6. The number of carbonyl (C=O) groups is 3. The predicted octanol–water partition coefficient (Wildman–Crippen LogP) is 4.77. The molecule has 4 N–H and O–H groups in total. The summed E-state index contributed by atoms with van der Waals surface area (Å²) < 4.78 is 91.6. The first-order chi connectivity index (χ1) is 18.6. The van der Waals surface area contributed by atoms with E-state index >= 15 is 0 Å². The quantitative estimate of drug-likeness (QED) is 0.375. The van der Waals surface area contributed by atoms with E-state index in [-0.39, 0.29) is 17.0 Å². The largest absolute Gasteiger partial charge is 0.389 e. The summed E-state index contributed by atoms with van der Waals surface area (Å²) in [6.45, 7) is 1.66. The molecule has 1 heterocycles. The highest BCUT2D eigenvalue weighted by Crippen LogP contribution is 2.33. The molecule has 0 radical (unpaired) electrons. The van der Waals surface area contributed by atoms with Gasteiger partial charge in [-0.05, 0) is 37.5 Å². The SMILES string of the molecule is Cc1cccc2c1NC(=O)[C@@H](NC(=O)[C@@H](CCC(F)(F)F)[C@@H](CCC(F)(F)F)C(N)=O)N=C2c1cccc(F)c1. The Morgan fingerprint density at radius 3 is 2.17 bits per heavy atom. The average molecular weight is 574 g/mol. The van der Waals surface area contributed by atoms with Crippen LogP contribution in [0.4, 0.5) is 36.4 Å². The molecule has 3 amide bonds. The fraction of sp³-hybridized carbons (Fsp3) is 0.385. The van der Waals surface area contributed by atoms with Crippen LogP contribution in [0, 0.1) is 24.6 Å². The third-order valence-electron chi connectivity index (χ3n) is 6.33. The summed E-state index contributed by atoms with van der Waals surface area (Å²) >= 11 is 0. The Labute approximate surface area is 224 Å². The Bertz CT molecular complexity index is 1310. The molecule has 0 saturated heterocycles. The van der Waals surface area contributed by atoms with Crippen LogP contribution >= 0.6 is 0 Å². The minimum atomic E-state index is -4.80. The molecule has 0 aromatic heterocycles. The molecule has 0 bridgehead atoms. The number of aryl methyl sites for hydroxylation is 1. The molecule has 0 saturated carbocycles. The number of anilines is 1. The minimum Gasteiger partial charge on any atom is -0.369 e. The van der Waals surface area contributed by atoms with Crippen molar-refractivity contribution in [1.82, 2.24) is 5.32 Å². The average Bonchev–Trinajstić information content (AvgIpc) is 2.97. The van der Waals surface area contributed by atoms with Crippen molar-refractivity contribution in [3.63, 3.8) is 0 Å². The topological polar surface area (TPSA) is 114 Å². The van der Waals surface area contributed by atoms with Gasteiger partial charge in [-0.15, -0.1) is 0 Å². The smallest absolute Gasteiger partial charge is 0.369 e. The Balaban J connectivity index is 2.02. The molecule has 3 atom stereocenters. The summed E-state index contributed by atoms with van der Waals surface area (Å²) in [7, 11) is 0. The lowest BCUT2D eigenvalue weighted by Gasteiger charge is -2.26. The maximum Gasteiger partial charge on any atom is 0.389 e. The summed E-state index contributed by atoms with van der Waals surface area (Å²) in [5.41, 5.74) is 6.67. The first-order valence-corrected chi connectivity index (χ1v) is 12.0. The van der Waals surface area contributed by atoms with Crippen molar-refractivity contribution < 1.29 is 45.1 Å². The summed E-state index contributed by atoms with van der Waals surface area (Å²) in [6.07, 6.45) is -16.6. The Hall–Kier alpha value is -3.97. The van der Waals surface area contributed by atoms with Crippen LogP contribution in [0.3, 0.4) is 0 Å². The summed E-state index contributed by atoms with van der Waals surface area (Å²) in [6, 6.07) is 10.0. The van der Waals surface area contributed by atoms with Gasteiger partial charge in [0, 0.05) is 35.8 Å². The van der Waals surface area contributed by atoms with Gasteiger partial charge in [0.2, 0.25) is 18.0 Å². The lowest BCUT2D eigenvalue weighted by atomic mass is 9.83. The number of hydrogen-bond acceptors (Lipinski definition) is 4. The van der Waals surface area contributed by atoms with E-state index in [0.29, 0.717) is 11.1 Å². The molecule has 1 aliphatic heterocycles. The number of nitrogens with two attached hydrogens (primary N) is 1. The maximum absolute atomic E-state index is 14.0. The molecule has 14 heteroatoms. The van der Waals surface area contributed by atoms with Gasteiger partial charge in [0.15, 0.2) is 0 Å². The lowest BCUT2D eigenvalue weighted by Crippen LogP contribution is -2.48. The molecule has 3 rings (SSSR count). The Morgan fingerprint density at radius 1 is 1.00 bits per heavy atom. The van der Waals surface area contributed by atoms with Crippen LogP contribution in [0.25, 0.3) is 0 Å². The van der Waals surface area contributed by atoms with Crippen LogP contribution in [0.15, 0.2) is 47.5 Å². The van der Waals surface area contributed by atoms with Crippen LogP contribution in [0.1, 0.15) is 42.4 Å². The van der Waals surface area contributed by atoms with Crippen LogP contribution in [-0.4, -0.2) is 42.0 Å². The number of amides is 3. The standard InChI is InChI=1S/C26H25F7N4O3/c1-13-4-2-7-18-19(13)36-24(40)22(35-20(18)14-5-3-6-15(27)12-14)37-23(39)17(9-11-26(31,32)33)16(21(34)38)8-10-25(28,29)30/h2-7,12,16-17,22H,8-11H2,1H3,(H2,34,38)(H,36,40)(H,37,39)/t16-,17+,22-/m1/s1.